The molecule has 1 aromatic carbocycles. The Kier molecular flexibility index (Phi) is 4.27. The van der Waals surface area contributed by atoms with Crippen molar-refractivity contribution in [3.63, 3.8) is 0 Å². The first-order valence-corrected chi connectivity index (χ1v) is 7.72. The molecule has 0 bridgehead atoms. The summed E-state index contributed by atoms with van der Waals surface area (Å²) in [5, 5.41) is 15.3. The maximum Gasteiger partial charge on any atom is 0.276 e. The van der Waals surface area contributed by atoms with Crippen molar-refractivity contribution >= 4 is 27.7 Å². The summed E-state index contributed by atoms with van der Waals surface area (Å²) in [6.07, 6.45) is 1.15. The zero-order valence-corrected chi connectivity index (χ0v) is 12.6. The van der Waals surface area contributed by atoms with E-state index in [0.717, 1.165) is 11.5 Å². The summed E-state index contributed by atoms with van der Waals surface area (Å²) in [6, 6.07) is 5.83. The normalized spacial score (nSPS) is 11.7. The molecule has 0 atom stereocenters. The van der Waals surface area contributed by atoms with Crippen molar-refractivity contribution in [3.05, 3.63) is 56.6 Å². The quantitative estimate of drug-likeness (QED) is 0.668. The van der Waals surface area contributed by atoms with Crippen LogP contribution in [0.5, 0.6) is 0 Å². The minimum Gasteiger partial charge on any atom is -0.337 e. The molecule has 0 aliphatic heterocycles. The molecule has 2 aromatic rings. The molecule has 0 spiro atoms. The first kappa shape index (κ1) is 15.7. The van der Waals surface area contributed by atoms with Gasteiger partial charge in [-0.05, 0) is 26.0 Å². The van der Waals surface area contributed by atoms with E-state index >= 15 is 0 Å². The summed E-state index contributed by atoms with van der Waals surface area (Å²) in [4.78, 5) is 10.3. The van der Waals surface area contributed by atoms with E-state index in [9.17, 15) is 18.5 Å². The zero-order valence-electron chi connectivity index (χ0n) is 11.8. The van der Waals surface area contributed by atoms with E-state index in [-0.39, 0.29) is 17.1 Å². The lowest BCUT2D eigenvalue weighted by atomic mass is 10.2. The second-order valence-electron chi connectivity index (χ2n) is 4.49. The molecule has 0 fully saturated rings. The molecule has 1 aromatic heterocycles. The van der Waals surface area contributed by atoms with Crippen LogP contribution in [-0.2, 0) is 10.0 Å². The number of nitro benzene ring substituents is 1. The van der Waals surface area contributed by atoms with Gasteiger partial charge in [0.1, 0.15) is 0 Å². The van der Waals surface area contributed by atoms with Gasteiger partial charge >= 0.3 is 0 Å². The van der Waals surface area contributed by atoms with Crippen molar-refractivity contribution in [1.82, 2.24) is 5.16 Å². The number of sulfonamides is 1. The van der Waals surface area contributed by atoms with E-state index in [2.05, 4.69) is 9.88 Å². The zero-order chi connectivity index (χ0) is 16.3. The highest BCUT2D eigenvalue weighted by Gasteiger charge is 2.15. The molecule has 0 aliphatic carbocycles. The minimum absolute atomic E-state index is 0.0183. The lowest BCUT2D eigenvalue weighted by molar-refractivity contribution is -0.385. The summed E-state index contributed by atoms with van der Waals surface area (Å²) >= 11 is 0. The van der Waals surface area contributed by atoms with Crippen LogP contribution in [0.4, 0.5) is 11.6 Å². The van der Waals surface area contributed by atoms with Crippen LogP contribution in [0.15, 0.2) is 34.2 Å². The average Bonchev–Trinajstić information content (AvgIpc) is 2.77. The maximum atomic E-state index is 12.0. The van der Waals surface area contributed by atoms with E-state index in [4.69, 9.17) is 4.52 Å². The summed E-state index contributed by atoms with van der Waals surface area (Å²) in [5.74, 6) is 0.0183. The standard InChI is InChI=1S/C13H13N3O5S/c1-9-10(2)14-21-13(9)15-22(19,20)8-7-11-5-3-4-6-12(11)16(17)18/h3-8,15H,1-2H3/b8-7+. The lowest BCUT2D eigenvalue weighted by Crippen LogP contribution is -2.09. The summed E-state index contributed by atoms with van der Waals surface area (Å²) in [5.41, 5.74) is 1.15. The molecule has 2 rings (SSSR count). The topological polar surface area (TPSA) is 115 Å². The van der Waals surface area contributed by atoms with Gasteiger partial charge in [-0.15, -0.1) is 0 Å². The predicted octanol–water partition coefficient (Wildman–Crippen LogP) is 2.61. The summed E-state index contributed by atoms with van der Waals surface area (Å²) in [6.45, 7) is 3.34. The van der Waals surface area contributed by atoms with Crippen LogP contribution in [0.25, 0.3) is 6.08 Å². The van der Waals surface area contributed by atoms with Gasteiger partial charge in [-0.2, -0.15) is 0 Å². The number of para-hydroxylation sites is 1. The van der Waals surface area contributed by atoms with Gasteiger partial charge < -0.3 is 4.52 Å². The second kappa shape index (κ2) is 5.98. The fourth-order valence-corrected chi connectivity index (χ4v) is 2.47. The van der Waals surface area contributed by atoms with Crippen LogP contribution in [-0.4, -0.2) is 18.5 Å². The third-order valence-electron chi connectivity index (χ3n) is 2.95. The smallest absolute Gasteiger partial charge is 0.276 e. The Hall–Kier alpha value is -2.68. The SMILES string of the molecule is Cc1noc(NS(=O)(=O)/C=C/c2ccccc2[N+](=O)[O-])c1C. The minimum atomic E-state index is -3.87. The van der Waals surface area contributed by atoms with E-state index in [0.29, 0.717) is 11.3 Å². The number of anilines is 1. The second-order valence-corrected chi connectivity index (χ2v) is 6.05. The molecule has 9 heteroatoms. The number of nitrogens with one attached hydrogen (secondary N) is 1. The molecule has 0 amide bonds. The summed E-state index contributed by atoms with van der Waals surface area (Å²) < 4.78 is 31.0. The van der Waals surface area contributed by atoms with Crippen molar-refractivity contribution in [2.45, 2.75) is 13.8 Å². The molecule has 22 heavy (non-hydrogen) atoms. The molecule has 0 radical (unpaired) electrons. The first-order chi connectivity index (χ1) is 10.3. The van der Waals surface area contributed by atoms with Crippen LogP contribution in [0, 0.1) is 24.0 Å². The number of aryl methyl sites for hydroxylation is 1. The molecular formula is C13H13N3O5S. The van der Waals surface area contributed by atoms with Crippen molar-refractivity contribution in [2.24, 2.45) is 0 Å². The highest BCUT2D eigenvalue weighted by molar-refractivity contribution is 7.95. The number of nitrogens with zero attached hydrogens (tertiary/aromatic N) is 2. The Morgan fingerprint density at radius 3 is 2.59 bits per heavy atom. The van der Waals surface area contributed by atoms with Crippen LogP contribution < -0.4 is 4.72 Å². The lowest BCUT2D eigenvalue weighted by Gasteiger charge is -2.01. The third-order valence-corrected chi connectivity index (χ3v) is 3.92. The highest BCUT2D eigenvalue weighted by atomic mass is 32.2. The van der Waals surface area contributed by atoms with Gasteiger partial charge in [0.25, 0.3) is 15.7 Å². The van der Waals surface area contributed by atoms with Crippen LogP contribution in [0.2, 0.25) is 0 Å². The van der Waals surface area contributed by atoms with Crippen LogP contribution >= 0.6 is 0 Å². The molecule has 0 saturated carbocycles. The molecule has 1 N–H and O–H groups in total. The summed E-state index contributed by atoms with van der Waals surface area (Å²) in [7, 11) is -3.87. The van der Waals surface area contributed by atoms with Crippen molar-refractivity contribution in [2.75, 3.05) is 4.72 Å². The average molecular weight is 323 g/mol. The van der Waals surface area contributed by atoms with Crippen LogP contribution in [0.3, 0.4) is 0 Å². The third kappa shape index (κ3) is 3.50. The van der Waals surface area contributed by atoms with Gasteiger partial charge in [-0.3, -0.25) is 10.1 Å². The molecule has 0 aliphatic rings. The largest absolute Gasteiger partial charge is 0.337 e. The van der Waals surface area contributed by atoms with Gasteiger partial charge in [-0.25, -0.2) is 13.1 Å². The number of rotatable bonds is 5. The van der Waals surface area contributed by atoms with Gasteiger partial charge in [0.05, 0.1) is 21.6 Å². The maximum absolute atomic E-state index is 12.0. The van der Waals surface area contributed by atoms with E-state index < -0.39 is 14.9 Å². The van der Waals surface area contributed by atoms with Gasteiger partial charge in [0.2, 0.25) is 5.88 Å². The van der Waals surface area contributed by atoms with Crippen molar-refractivity contribution < 1.29 is 17.9 Å². The van der Waals surface area contributed by atoms with Gasteiger partial charge in [0, 0.05) is 11.6 Å². The molecule has 8 nitrogen and oxygen atoms in total. The number of nitro groups is 1. The van der Waals surface area contributed by atoms with Gasteiger partial charge in [0.15, 0.2) is 0 Å². The molecule has 0 unspecified atom stereocenters. The fraction of sp³-hybridized carbons (Fsp3) is 0.154. The fourth-order valence-electron chi connectivity index (χ4n) is 1.63. The number of hydrogen-bond donors (Lipinski definition) is 1. The van der Waals surface area contributed by atoms with E-state index in [1.165, 1.54) is 18.2 Å². The van der Waals surface area contributed by atoms with E-state index in [1.54, 1.807) is 19.9 Å². The predicted molar refractivity (Wildman–Crippen MR) is 80.6 cm³/mol. The Morgan fingerprint density at radius 1 is 1.32 bits per heavy atom. The van der Waals surface area contributed by atoms with E-state index in [1.807, 2.05) is 0 Å². The Labute approximate surface area is 126 Å². The Bertz CT molecular complexity index is 839. The first-order valence-electron chi connectivity index (χ1n) is 6.17. The molecule has 0 saturated heterocycles. The Morgan fingerprint density at radius 2 is 2.00 bits per heavy atom. The Balaban J connectivity index is 2.26. The van der Waals surface area contributed by atoms with Gasteiger partial charge in [-0.1, -0.05) is 17.3 Å². The monoisotopic (exact) mass is 323 g/mol. The number of aromatic nitrogens is 1. The molecule has 1 heterocycles. The van der Waals surface area contributed by atoms with Crippen molar-refractivity contribution in [1.29, 1.82) is 0 Å². The number of benzene rings is 1. The molecular weight excluding hydrogens is 310 g/mol. The highest BCUT2D eigenvalue weighted by Crippen LogP contribution is 2.21. The van der Waals surface area contributed by atoms with Crippen molar-refractivity contribution in [3.8, 4) is 0 Å². The number of hydrogen-bond acceptors (Lipinski definition) is 6. The molecule has 116 valence electrons. The van der Waals surface area contributed by atoms with Crippen LogP contribution in [0.1, 0.15) is 16.8 Å².